The summed E-state index contributed by atoms with van der Waals surface area (Å²) in [5, 5.41) is 3.34. The molecule has 0 bridgehead atoms. The molecule has 2 heteroatoms. The van der Waals surface area contributed by atoms with Gasteiger partial charge in [0.2, 0.25) is 0 Å². The van der Waals surface area contributed by atoms with Crippen LogP contribution in [0.5, 0.6) is 5.75 Å². The zero-order chi connectivity index (χ0) is 13.5. The van der Waals surface area contributed by atoms with Crippen LogP contribution < -0.4 is 10.1 Å². The molecule has 0 aromatic heterocycles. The van der Waals surface area contributed by atoms with Gasteiger partial charge in [-0.15, -0.1) is 0 Å². The molecule has 0 fully saturated rings. The molecule has 18 heavy (non-hydrogen) atoms. The summed E-state index contributed by atoms with van der Waals surface area (Å²) < 4.78 is 5.85. The van der Waals surface area contributed by atoms with E-state index in [0.717, 1.165) is 17.9 Å². The predicted molar refractivity (Wildman–Crippen MR) is 78.3 cm³/mol. The van der Waals surface area contributed by atoms with Crippen molar-refractivity contribution in [3.05, 3.63) is 42.0 Å². The van der Waals surface area contributed by atoms with Crippen molar-refractivity contribution < 1.29 is 4.74 Å². The average molecular weight is 247 g/mol. The lowest BCUT2D eigenvalue weighted by Crippen LogP contribution is -2.26. The Balaban J connectivity index is 2.50. The number of rotatable bonds is 7. The van der Waals surface area contributed by atoms with Gasteiger partial charge < -0.3 is 10.1 Å². The van der Waals surface area contributed by atoms with Crippen LogP contribution in [-0.4, -0.2) is 19.2 Å². The van der Waals surface area contributed by atoms with Gasteiger partial charge in [0.1, 0.15) is 12.4 Å². The zero-order valence-corrected chi connectivity index (χ0v) is 12.0. The maximum Gasteiger partial charge on any atom is 0.123 e. The van der Waals surface area contributed by atoms with Crippen molar-refractivity contribution in [2.45, 2.75) is 39.7 Å². The van der Waals surface area contributed by atoms with Crippen LogP contribution >= 0.6 is 0 Å². The summed E-state index contributed by atoms with van der Waals surface area (Å²) in [6.07, 6.45) is 0. The monoisotopic (exact) mass is 247 g/mol. The maximum absolute atomic E-state index is 5.85. The number of hydrogen-bond acceptors (Lipinski definition) is 2. The van der Waals surface area contributed by atoms with E-state index in [1.54, 1.807) is 0 Å². The van der Waals surface area contributed by atoms with Crippen LogP contribution in [0.15, 0.2) is 36.4 Å². The number of para-hydroxylation sites is 1. The largest absolute Gasteiger partial charge is 0.489 e. The van der Waals surface area contributed by atoms with Gasteiger partial charge in [0.15, 0.2) is 0 Å². The molecule has 1 rings (SSSR count). The van der Waals surface area contributed by atoms with Crippen molar-refractivity contribution in [2.75, 3.05) is 13.2 Å². The molecule has 0 aliphatic heterocycles. The van der Waals surface area contributed by atoms with Crippen molar-refractivity contribution in [3.8, 4) is 5.75 Å². The molecule has 0 spiro atoms. The molecule has 0 amide bonds. The van der Waals surface area contributed by atoms with Crippen LogP contribution in [-0.2, 0) is 0 Å². The van der Waals surface area contributed by atoms with Crippen molar-refractivity contribution in [3.63, 3.8) is 0 Å². The molecule has 0 aliphatic carbocycles. The van der Waals surface area contributed by atoms with Gasteiger partial charge in [-0.2, -0.15) is 0 Å². The standard InChI is InChI=1S/C16H25NO/c1-12(2)15-8-6-7-9-16(15)18-11-14(5)10-17-13(3)4/h6-9,12-13,17H,5,10-11H2,1-4H3. The third-order valence-electron chi connectivity index (χ3n) is 2.73. The number of nitrogens with one attached hydrogen (secondary N) is 1. The predicted octanol–water partition coefficient (Wildman–Crippen LogP) is 3.74. The Bertz CT molecular complexity index is 382. The average Bonchev–Trinajstić information content (AvgIpc) is 2.34. The van der Waals surface area contributed by atoms with E-state index in [4.69, 9.17) is 4.74 Å². The number of benzene rings is 1. The minimum Gasteiger partial charge on any atom is -0.489 e. The maximum atomic E-state index is 5.85. The third kappa shape index (κ3) is 4.92. The fourth-order valence-corrected chi connectivity index (χ4v) is 1.67. The molecule has 0 saturated carbocycles. The number of ether oxygens (including phenoxy) is 1. The Morgan fingerprint density at radius 1 is 1.22 bits per heavy atom. The first-order chi connectivity index (χ1) is 8.50. The van der Waals surface area contributed by atoms with Crippen LogP contribution in [0.1, 0.15) is 39.2 Å². The lowest BCUT2D eigenvalue weighted by molar-refractivity contribution is 0.342. The highest BCUT2D eigenvalue weighted by molar-refractivity contribution is 5.35. The van der Waals surface area contributed by atoms with E-state index in [9.17, 15) is 0 Å². The molecule has 0 heterocycles. The van der Waals surface area contributed by atoms with Gasteiger partial charge >= 0.3 is 0 Å². The lowest BCUT2D eigenvalue weighted by Gasteiger charge is -2.15. The molecule has 0 radical (unpaired) electrons. The molecular weight excluding hydrogens is 222 g/mol. The minimum absolute atomic E-state index is 0.475. The highest BCUT2D eigenvalue weighted by atomic mass is 16.5. The molecular formula is C16H25NO. The summed E-state index contributed by atoms with van der Waals surface area (Å²) in [4.78, 5) is 0. The Hall–Kier alpha value is -1.28. The molecule has 1 aromatic rings. The zero-order valence-electron chi connectivity index (χ0n) is 12.0. The van der Waals surface area contributed by atoms with E-state index >= 15 is 0 Å². The van der Waals surface area contributed by atoms with Gasteiger partial charge in [-0.3, -0.25) is 0 Å². The van der Waals surface area contributed by atoms with E-state index in [2.05, 4.69) is 51.7 Å². The Morgan fingerprint density at radius 2 is 1.89 bits per heavy atom. The first-order valence-corrected chi connectivity index (χ1v) is 6.62. The molecule has 0 unspecified atom stereocenters. The van der Waals surface area contributed by atoms with Gasteiger partial charge in [0, 0.05) is 12.6 Å². The third-order valence-corrected chi connectivity index (χ3v) is 2.73. The van der Waals surface area contributed by atoms with Crippen LogP contribution in [0, 0.1) is 0 Å². The summed E-state index contributed by atoms with van der Waals surface area (Å²) in [6.45, 7) is 14.0. The second-order valence-electron chi connectivity index (χ2n) is 5.27. The fraction of sp³-hybridized carbons (Fsp3) is 0.500. The van der Waals surface area contributed by atoms with Crippen LogP contribution in [0.4, 0.5) is 0 Å². The molecule has 1 N–H and O–H groups in total. The van der Waals surface area contributed by atoms with Crippen molar-refractivity contribution >= 4 is 0 Å². The van der Waals surface area contributed by atoms with E-state index in [0.29, 0.717) is 18.6 Å². The molecule has 0 atom stereocenters. The van der Waals surface area contributed by atoms with Gasteiger partial charge in [-0.1, -0.05) is 52.5 Å². The van der Waals surface area contributed by atoms with Gasteiger partial charge in [-0.25, -0.2) is 0 Å². The molecule has 2 nitrogen and oxygen atoms in total. The van der Waals surface area contributed by atoms with E-state index in [-0.39, 0.29) is 0 Å². The van der Waals surface area contributed by atoms with Crippen molar-refractivity contribution in [2.24, 2.45) is 0 Å². The lowest BCUT2D eigenvalue weighted by atomic mass is 10.0. The van der Waals surface area contributed by atoms with E-state index < -0.39 is 0 Å². The smallest absolute Gasteiger partial charge is 0.123 e. The van der Waals surface area contributed by atoms with Crippen LogP contribution in [0.25, 0.3) is 0 Å². The van der Waals surface area contributed by atoms with Crippen LogP contribution in [0.2, 0.25) is 0 Å². The van der Waals surface area contributed by atoms with Gasteiger partial charge in [0.25, 0.3) is 0 Å². The Labute approximate surface area is 111 Å². The molecule has 0 saturated heterocycles. The van der Waals surface area contributed by atoms with Crippen molar-refractivity contribution in [1.29, 1.82) is 0 Å². The second-order valence-corrected chi connectivity index (χ2v) is 5.27. The minimum atomic E-state index is 0.475. The summed E-state index contributed by atoms with van der Waals surface area (Å²) in [5.74, 6) is 1.45. The summed E-state index contributed by atoms with van der Waals surface area (Å²) in [6, 6.07) is 8.69. The topological polar surface area (TPSA) is 21.3 Å². The summed E-state index contributed by atoms with van der Waals surface area (Å²) in [7, 11) is 0. The molecule has 1 aromatic carbocycles. The van der Waals surface area contributed by atoms with Crippen molar-refractivity contribution in [1.82, 2.24) is 5.32 Å². The fourth-order valence-electron chi connectivity index (χ4n) is 1.67. The number of hydrogen-bond donors (Lipinski definition) is 1. The first-order valence-electron chi connectivity index (χ1n) is 6.62. The van der Waals surface area contributed by atoms with Crippen LogP contribution in [0.3, 0.4) is 0 Å². The van der Waals surface area contributed by atoms with E-state index in [1.807, 2.05) is 12.1 Å². The SMILES string of the molecule is C=C(CNC(C)C)COc1ccccc1C(C)C. The first kappa shape index (κ1) is 14.8. The summed E-state index contributed by atoms with van der Waals surface area (Å²) in [5.41, 5.74) is 2.32. The molecule has 100 valence electrons. The van der Waals surface area contributed by atoms with Gasteiger partial charge in [-0.05, 0) is 23.1 Å². The van der Waals surface area contributed by atoms with Gasteiger partial charge in [0.05, 0.1) is 0 Å². The molecule has 0 aliphatic rings. The highest BCUT2D eigenvalue weighted by Crippen LogP contribution is 2.25. The highest BCUT2D eigenvalue weighted by Gasteiger charge is 2.07. The quantitative estimate of drug-likeness (QED) is 0.741. The second kappa shape index (κ2) is 7.22. The van der Waals surface area contributed by atoms with E-state index in [1.165, 1.54) is 5.56 Å². The normalized spacial score (nSPS) is 11.0. The Morgan fingerprint density at radius 3 is 2.50 bits per heavy atom. The summed E-state index contributed by atoms with van der Waals surface area (Å²) >= 11 is 0. The Kier molecular flexibility index (Phi) is 5.93.